The fourth-order valence-corrected chi connectivity index (χ4v) is 9.55. The fourth-order valence-electron chi connectivity index (χ4n) is 9.55. The molecule has 298 valence electrons. The van der Waals surface area contributed by atoms with Crippen LogP contribution in [0.1, 0.15) is 0 Å². The molecule has 4 heterocycles. The first-order valence-electron chi connectivity index (χ1n) is 21.5. The molecule has 64 heavy (non-hydrogen) atoms. The van der Waals surface area contributed by atoms with E-state index in [0.29, 0.717) is 17.5 Å². The Morgan fingerprint density at radius 3 is 1.72 bits per heavy atom. The lowest BCUT2D eigenvalue weighted by Gasteiger charge is -2.14. The molecule has 0 saturated heterocycles. The van der Waals surface area contributed by atoms with Crippen molar-refractivity contribution in [3.63, 3.8) is 0 Å². The summed E-state index contributed by atoms with van der Waals surface area (Å²) in [6.45, 7) is 0. The van der Waals surface area contributed by atoms with Crippen LogP contribution in [0, 0.1) is 0 Å². The minimum atomic E-state index is 0.556. The van der Waals surface area contributed by atoms with Gasteiger partial charge in [0.2, 0.25) is 0 Å². The molecular formula is C58H35N5O. The maximum Gasteiger partial charge on any atom is 0.167 e. The maximum absolute atomic E-state index is 6.47. The second-order valence-electron chi connectivity index (χ2n) is 16.1. The van der Waals surface area contributed by atoms with Crippen molar-refractivity contribution in [1.82, 2.24) is 24.5 Å². The van der Waals surface area contributed by atoms with E-state index >= 15 is 0 Å². The second-order valence-corrected chi connectivity index (χ2v) is 16.1. The van der Waals surface area contributed by atoms with Crippen molar-refractivity contribution in [3.05, 3.63) is 212 Å². The minimum Gasteiger partial charge on any atom is -0.455 e. The highest BCUT2D eigenvalue weighted by molar-refractivity contribution is 6.23. The summed E-state index contributed by atoms with van der Waals surface area (Å²) in [7, 11) is 0. The molecule has 0 saturated carbocycles. The summed E-state index contributed by atoms with van der Waals surface area (Å²) in [5.41, 5.74) is 12.8. The van der Waals surface area contributed by atoms with Gasteiger partial charge < -0.3 is 8.98 Å². The lowest BCUT2D eigenvalue weighted by molar-refractivity contribution is 0.669. The molecule has 13 rings (SSSR count). The zero-order chi connectivity index (χ0) is 42.1. The normalized spacial score (nSPS) is 11.8. The Kier molecular flexibility index (Phi) is 8.11. The van der Waals surface area contributed by atoms with Crippen LogP contribution in [0.4, 0.5) is 0 Å². The average Bonchev–Trinajstić information content (AvgIpc) is 3.93. The molecule has 4 aromatic heterocycles. The lowest BCUT2D eigenvalue weighted by Crippen LogP contribution is -2.01. The van der Waals surface area contributed by atoms with E-state index in [1.807, 2.05) is 60.7 Å². The van der Waals surface area contributed by atoms with Gasteiger partial charge in [-0.3, -0.25) is 0 Å². The third-order valence-electron chi connectivity index (χ3n) is 12.5. The van der Waals surface area contributed by atoms with Crippen molar-refractivity contribution in [2.75, 3.05) is 0 Å². The topological polar surface area (TPSA) is 69.6 Å². The van der Waals surface area contributed by atoms with E-state index in [4.69, 9.17) is 24.4 Å². The van der Waals surface area contributed by atoms with Gasteiger partial charge in [-0.1, -0.05) is 170 Å². The standard InChI is InChI=1S/C58H35N5O/c1-3-16-38(17-4-1)56-60-57(62-58(61-56)48-26-15-25-44-43-22-11-14-29-51(43)64-55(44)48)45-35-34-40(41-20-7-8-21-42(41)45)36-30-32-37(33-31-36)53-54-52(46-23-9-12-27-49(46)59-53)47-24-10-13-28-50(47)63(54)39-18-5-2-6-19-39/h1-35H. The molecule has 0 unspecified atom stereocenters. The Labute approximate surface area is 367 Å². The van der Waals surface area contributed by atoms with Crippen molar-refractivity contribution in [2.45, 2.75) is 0 Å². The van der Waals surface area contributed by atoms with Crippen molar-refractivity contribution in [3.8, 4) is 62.2 Å². The quantitative estimate of drug-likeness (QED) is 0.167. The predicted molar refractivity (Wildman–Crippen MR) is 261 cm³/mol. The van der Waals surface area contributed by atoms with E-state index in [1.54, 1.807) is 0 Å². The number of hydrogen-bond donors (Lipinski definition) is 0. The molecular weight excluding hydrogens is 783 g/mol. The van der Waals surface area contributed by atoms with Gasteiger partial charge in [0.15, 0.2) is 17.5 Å². The van der Waals surface area contributed by atoms with Crippen molar-refractivity contribution < 1.29 is 4.42 Å². The molecule has 0 N–H and O–H groups in total. The molecule has 6 nitrogen and oxygen atoms in total. The van der Waals surface area contributed by atoms with E-state index in [-0.39, 0.29) is 0 Å². The number of para-hydroxylation sites is 5. The predicted octanol–water partition coefficient (Wildman–Crippen LogP) is 14.9. The number of fused-ring (bicyclic) bond motifs is 9. The first-order valence-corrected chi connectivity index (χ1v) is 21.5. The number of benzene rings is 9. The third kappa shape index (κ3) is 5.66. The fraction of sp³-hybridized carbons (Fsp3) is 0. The van der Waals surface area contributed by atoms with Crippen LogP contribution < -0.4 is 0 Å². The Bertz CT molecular complexity index is 3950. The first kappa shape index (κ1) is 36.0. The van der Waals surface area contributed by atoms with Crippen LogP contribution in [0.2, 0.25) is 0 Å². The Balaban J connectivity index is 0.965. The molecule has 0 fully saturated rings. The van der Waals surface area contributed by atoms with Gasteiger partial charge in [0, 0.05) is 49.3 Å². The molecule has 9 aromatic carbocycles. The number of pyridine rings is 1. The third-order valence-corrected chi connectivity index (χ3v) is 12.5. The van der Waals surface area contributed by atoms with E-state index < -0.39 is 0 Å². The van der Waals surface area contributed by atoms with Gasteiger partial charge in [-0.05, 0) is 64.4 Å². The van der Waals surface area contributed by atoms with Gasteiger partial charge in [0.05, 0.1) is 27.8 Å². The van der Waals surface area contributed by atoms with Gasteiger partial charge in [-0.15, -0.1) is 0 Å². The molecule has 6 heteroatoms. The van der Waals surface area contributed by atoms with E-state index in [2.05, 4.69) is 156 Å². The van der Waals surface area contributed by atoms with Crippen molar-refractivity contribution in [1.29, 1.82) is 0 Å². The summed E-state index contributed by atoms with van der Waals surface area (Å²) < 4.78 is 8.84. The number of rotatable bonds is 6. The minimum absolute atomic E-state index is 0.556. The number of hydrogen-bond acceptors (Lipinski definition) is 5. The molecule has 0 bridgehead atoms. The van der Waals surface area contributed by atoms with Gasteiger partial charge in [0.25, 0.3) is 0 Å². The largest absolute Gasteiger partial charge is 0.455 e. The van der Waals surface area contributed by atoms with E-state index in [1.165, 1.54) is 10.8 Å². The summed E-state index contributed by atoms with van der Waals surface area (Å²) in [4.78, 5) is 20.8. The SMILES string of the molecule is c1ccc(-c2nc(-c3ccc(-c4ccc(-c5nc6ccccc6c6c7ccccc7n(-c7ccccc7)c56)cc4)c4ccccc34)nc(-c3cccc4c3oc3ccccc34)n2)cc1. The Morgan fingerprint density at radius 2 is 0.922 bits per heavy atom. The summed E-state index contributed by atoms with van der Waals surface area (Å²) in [5, 5.41) is 7.79. The van der Waals surface area contributed by atoms with Crippen LogP contribution >= 0.6 is 0 Å². The summed E-state index contributed by atoms with van der Waals surface area (Å²) in [6, 6.07) is 73.9. The summed E-state index contributed by atoms with van der Waals surface area (Å²) in [5.74, 6) is 1.75. The lowest BCUT2D eigenvalue weighted by atomic mass is 9.93. The van der Waals surface area contributed by atoms with E-state index in [0.717, 1.165) is 99.4 Å². The smallest absolute Gasteiger partial charge is 0.167 e. The highest BCUT2D eigenvalue weighted by Gasteiger charge is 2.22. The highest BCUT2D eigenvalue weighted by Crippen LogP contribution is 2.43. The van der Waals surface area contributed by atoms with Crippen LogP contribution in [0.3, 0.4) is 0 Å². The highest BCUT2D eigenvalue weighted by atomic mass is 16.3. The summed E-state index contributed by atoms with van der Waals surface area (Å²) in [6.07, 6.45) is 0. The van der Waals surface area contributed by atoms with Gasteiger partial charge >= 0.3 is 0 Å². The number of nitrogens with zero attached hydrogens (tertiary/aromatic N) is 5. The monoisotopic (exact) mass is 817 g/mol. The molecule has 13 aromatic rings. The molecule has 0 aliphatic carbocycles. The average molecular weight is 818 g/mol. The van der Waals surface area contributed by atoms with Crippen LogP contribution in [0.25, 0.3) is 128 Å². The zero-order valence-electron chi connectivity index (χ0n) is 34.4. The van der Waals surface area contributed by atoms with Crippen LogP contribution in [-0.4, -0.2) is 24.5 Å². The molecule has 0 radical (unpaired) electrons. The van der Waals surface area contributed by atoms with E-state index in [9.17, 15) is 0 Å². The van der Waals surface area contributed by atoms with Crippen molar-refractivity contribution in [2.24, 2.45) is 0 Å². The zero-order valence-corrected chi connectivity index (χ0v) is 34.4. The summed E-state index contributed by atoms with van der Waals surface area (Å²) >= 11 is 0. The van der Waals surface area contributed by atoms with Crippen LogP contribution in [0.5, 0.6) is 0 Å². The molecule has 0 aliphatic heterocycles. The maximum atomic E-state index is 6.47. The van der Waals surface area contributed by atoms with Crippen molar-refractivity contribution >= 4 is 65.4 Å². The molecule has 0 spiro atoms. The number of aromatic nitrogens is 5. The Morgan fingerprint density at radius 1 is 0.344 bits per heavy atom. The van der Waals surface area contributed by atoms with Gasteiger partial charge in [-0.2, -0.15) is 0 Å². The van der Waals surface area contributed by atoms with Gasteiger partial charge in [0.1, 0.15) is 11.2 Å². The first-order chi connectivity index (χ1) is 31.7. The molecule has 0 amide bonds. The van der Waals surface area contributed by atoms with Crippen LogP contribution in [0.15, 0.2) is 217 Å². The number of furan rings is 1. The van der Waals surface area contributed by atoms with Gasteiger partial charge in [-0.25, -0.2) is 19.9 Å². The molecule has 0 aliphatic rings. The van der Waals surface area contributed by atoms with Crippen LogP contribution in [-0.2, 0) is 0 Å². The Hall–Kier alpha value is -8.74. The molecule has 0 atom stereocenters. The second kappa shape index (κ2) is 14.4.